The van der Waals surface area contributed by atoms with Crippen LogP contribution in [0.3, 0.4) is 0 Å². The quantitative estimate of drug-likeness (QED) is 0.207. The molecular formula is C41H68N2O5. The highest BCUT2D eigenvalue weighted by molar-refractivity contribution is 5.87. The molecular weight excluding hydrogens is 600 g/mol. The molecule has 0 aromatic heterocycles. The van der Waals surface area contributed by atoms with E-state index in [9.17, 15) is 24.6 Å². The number of carbonyl (C=O) groups excluding carboxylic acids is 2. The van der Waals surface area contributed by atoms with Crippen LogP contribution in [0.1, 0.15) is 139 Å². The molecule has 14 atom stereocenters. The van der Waals surface area contributed by atoms with E-state index >= 15 is 0 Å². The average molecular weight is 669 g/mol. The molecule has 4 N–H and O–H groups in total. The predicted molar refractivity (Wildman–Crippen MR) is 191 cm³/mol. The Morgan fingerprint density at radius 3 is 2.19 bits per heavy atom. The standard InChI is InChI=1S/C38H62N2O5.C3H6/c1-21(2)19-29(33(43)44)39-32(42)24-20-28(22(24)3)40-34(45)38-14-8-9-27(38)26-10-11-31-35(5)15-13-30(41)23(4)25(35)12-16-37(31,7)36(26,6)17-18-38;1-3-2/h21-31,41H,8-20H2,1-7H3,(H,39,42)(H,40,45)(H,43,44);3H,1H2,2H3/t22?,23?,24?,25?,26?,27?,28?,29?,30?,31?,35?,36-,37?,38?;/m1./s1. The van der Waals surface area contributed by atoms with Crippen LogP contribution < -0.4 is 10.6 Å². The largest absolute Gasteiger partial charge is 0.480 e. The minimum atomic E-state index is -0.985. The molecule has 6 aliphatic carbocycles. The fourth-order valence-corrected chi connectivity index (χ4v) is 13.2. The van der Waals surface area contributed by atoms with Gasteiger partial charge in [-0.3, -0.25) is 9.59 Å². The van der Waals surface area contributed by atoms with Gasteiger partial charge >= 0.3 is 5.97 Å². The lowest BCUT2D eigenvalue weighted by molar-refractivity contribution is -0.232. The van der Waals surface area contributed by atoms with Crippen molar-refractivity contribution >= 4 is 17.8 Å². The second-order valence-corrected chi connectivity index (χ2v) is 18.6. The predicted octanol–water partition coefficient (Wildman–Crippen LogP) is 7.76. The summed E-state index contributed by atoms with van der Waals surface area (Å²) in [5.41, 5.74) is 0.493. The number of hydrogen-bond acceptors (Lipinski definition) is 4. The summed E-state index contributed by atoms with van der Waals surface area (Å²) >= 11 is 0. The van der Waals surface area contributed by atoms with Gasteiger partial charge in [0.15, 0.2) is 0 Å². The highest BCUT2D eigenvalue weighted by Gasteiger charge is 2.70. The maximum atomic E-state index is 14.3. The number of rotatable bonds is 7. The number of carbonyl (C=O) groups is 3. The first kappa shape index (κ1) is 37.4. The van der Waals surface area contributed by atoms with Gasteiger partial charge in [-0.15, -0.1) is 6.58 Å². The molecule has 6 aliphatic rings. The Balaban J connectivity index is 0.00000145. The number of hydrogen-bond donors (Lipinski definition) is 4. The third-order valence-corrected chi connectivity index (χ3v) is 16.1. The Hall–Kier alpha value is -1.89. The van der Waals surface area contributed by atoms with Crippen molar-refractivity contribution in [2.75, 3.05) is 0 Å². The van der Waals surface area contributed by atoms with Gasteiger partial charge in [0, 0.05) is 12.0 Å². The lowest BCUT2D eigenvalue weighted by Gasteiger charge is -2.71. The van der Waals surface area contributed by atoms with Crippen LogP contribution in [0.2, 0.25) is 0 Å². The molecule has 6 rings (SSSR count). The van der Waals surface area contributed by atoms with Crippen molar-refractivity contribution in [3.63, 3.8) is 0 Å². The van der Waals surface area contributed by atoms with E-state index < -0.39 is 12.0 Å². The number of amides is 2. The van der Waals surface area contributed by atoms with Crippen molar-refractivity contribution in [1.82, 2.24) is 10.6 Å². The second-order valence-electron chi connectivity index (χ2n) is 18.6. The van der Waals surface area contributed by atoms with E-state index in [1.165, 1.54) is 25.7 Å². The monoisotopic (exact) mass is 669 g/mol. The first-order chi connectivity index (χ1) is 22.5. The van der Waals surface area contributed by atoms with Crippen LogP contribution in [0.4, 0.5) is 0 Å². The van der Waals surface area contributed by atoms with Gasteiger partial charge in [0.05, 0.1) is 11.5 Å². The van der Waals surface area contributed by atoms with Crippen molar-refractivity contribution in [2.24, 2.45) is 69.0 Å². The minimum Gasteiger partial charge on any atom is -0.480 e. The van der Waals surface area contributed by atoms with E-state index in [-0.39, 0.29) is 58.0 Å². The van der Waals surface area contributed by atoms with Crippen molar-refractivity contribution < 1.29 is 24.6 Å². The van der Waals surface area contributed by atoms with Crippen LogP contribution in [-0.4, -0.2) is 46.2 Å². The highest BCUT2D eigenvalue weighted by Crippen LogP contribution is 2.76. The number of fused-ring (bicyclic) bond motifs is 7. The zero-order chi connectivity index (χ0) is 35.4. The Morgan fingerprint density at radius 2 is 1.56 bits per heavy atom. The van der Waals surface area contributed by atoms with Crippen LogP contribution >= 0.6 is 0 Å². The van der Waals surface area contributed by atoms with Gasteiger partial charge in [-0.25, -0.2) is 4.79 Å². The molecule has 7 heteroatoms. The third kappa shape index (κ3) is 5.88. The average Bonchev–Trinajstić information content (AvgIpc) is 3.46. The summed E-state index contributed by atoms with van der Waals surface area (Å²) in [4.78, 5) is 39.1. The number of allylic oxidation sites excluding steroid dienone is 1. The van der Waals surface area contributed by atoms with Crippen LogP contribution in [0, 0.1) is 69.0 Å². The molecule has 0 aromatic carbocycles. The lowest BCUT2D eigenvalue weighted by atomic mass is 9.33. The van der Waals surface area contributed by atoms with Crippen molar-refractivity contribution in [2.45, 2.75) is 157 Å². The van der Waals surface area contributed by atoms with Gasteiger partial charge < -0.3 is 20.8 Å². The van der Waals surface area contributed by atoms with Crippen LogP contribution in [0.5, 0.6) is 0 Å². The van der Waals surface area contributed by atoms with Crippen LogP contribution in [0.25, 0.3) is 0 Å². The second kappa shape index (κ2) is 13.7. The fourth-order valence-electron chi connectivity index (χ4n) is 13.2. The molecule has 0 bridgehead atoms. The Labute approximate surface area is 291 Å². The first-order valence-corrected chi connectivity index (χ1v) is 19.6. The Morgan fingerprint density at radius 1 is 0.875 bits per heavy atom. The summed E-state index contributed by atoms with van der Waals surface area (Å²) in [6.45, 7) is 21.3. The van der Waals surface area contributed by atoms with E-state index in [0.29, 0.717) is 47.8 Å². The molecule has 48 heavy (non-hydrogen) atoms. The molecule has 0 spiro atoms. The van der Waals surface area contributed by atoms with E-state index in [1.54, 1.807) is 6.08 Å². The topological polar surface area (TPSA) is 116 Å². The molecule has 2 amide bonds. The van der Waals surface area contributed by atoms with Gasteiger partial charge in [-0.05, 0) is 142 Å². The molecule has 0 radical (unpaired) electrons. The maximum Gasteiger partial charge on any atom is 0.326 e. The highest BCUT2D eigenvalue weighted by atomic mass is 16.4. The zero-order valence-corrected chi connectivity index (χ0v) is 31.4. The number of aliphatic hydroxyl groups excluding tert-OH is 1. The molecule has 13 unspecified atom stereocenters. The van der Waals surface area contributed by atoms with Gasteiger partial charge in [0.2, 0.25) is 11.8 Å². The molecule has 0 heterocycles. The van der Waals surface area contributed by atoms with Crippen LogP contribution in [0.15, 0.2) is 12.7 Å². The molecule has 272 valence electrons. The van der Waals surface area contributed by atoms with Gasteiger partial charge in [0.25, 0.3) is 0 Å². The summed E-state index contributed by atoms with van der Waals surface area (Å²) in [5.74, 6) is 1.63. The third-order valence-electron chi connectivity index (χ3n) is 16.1. The van der Waals surface area contributed by atoms with Crippen LogP contribution in [-0.2, 0) is 14.4 Å². The van der Waals surface area contributed by atoms with Crippen molar-refractivity contribution in [3.05, 3.63) is 12.7 Å². The van der Waals surface area contributed by atoms with Gasteiger partial charge in [-0.2, -0.15) is 0 Å². The van der Waals surface area contributed by atoms with E-state index in [1.807, 2.05) is 27.7 Å². The normalized spacial score (nSPS) is 46.6. The van der Waals surface area contributed by atoms with Gasteiger partial charge in [0.1, 0.15) is 6.04 Å². The van der Waals surface area contributed by atoms with E-state index in [2.05, 4.69) is 44.9 Å². The number of carboxylic acid groups (broad SMARTS) is 1. The Bertz CT molecular complexity index is 1240. The number of nitrogens with one attached hydrogen (secondary N) is 2. The summed E-state index contributed by atoms with van der Waals surface area (Å²) in [7, 11) is 0. The summed E-state index contributed by atoms with van der Waals surface area (Å²) in [5, 5.41) is 26.6. The first-order valence-electron chi connectivity index (χ1n) is 19.6. The summed E-state index contributed by atoms with van der Waals surface area (Å²) in [6.07, 6.45) is 15.0. The van der Waals surface area contributed by atoms with E-state index in [0.717, 1.165) is 44.9 Å². The van der Waals surface area contributed by atoms with Crippen molar-refractivity contribution in [3.8, 4) is 0 Å². The molecule has 0 aromatic rings. The SMILES string of the molecule is C=CC.CC(C)CC(NC(=O)C1CC(NC(=O)C23CCCC2C2CCC4C5(C)CCC(O)C(C)C5CCC4(C)[C@]2(C)CC3)C1C)C(=O)O. The zero-order valence-electron chi connectivity index (χ0n) is 31.4. The Kier molecular flexibility index (Phi) is 10.6. The summed E-state index contributed by atoms with van der Waals surface area (Å²) < 4.78 is 0. The smallest absolute Gasteiger partial charge is 0.326 e. The lowest BCUT2D eigenvalue weighted by Crippen LogP contribution is -2.66. The molecule has 6 fully saturated rings. The van der Waals surface area contributed by atoms with Crippen molar-refractivity contribution in [1.29, 1.82) is 0 Å². The number of aliphatic carboxylic acids is 1. The van der Waals surface area contributed by atoms with E-state index in [4.69, 9.17) is 0 Å². The molecule has 6 saturated carbocycles. The molecule has 7 nitrogen and oxygen atoms in total. The maximum absolute atomic E-state index is 14.3. The molecule has 0 saturated heterocycles. The minimum absolute atomic E-state index is 0.00534. The summed E-state index contributed by atoms with van der Waals surface area (Å²) in [6, 6.07) is -0.895. The molecule has 0 aliphatic heterocycles. The number of aliphatic hydroxyl groups is 1. The van der Waals surface area contributed by atoms with Gasteiger partial charge in [-0.1, -0.05) is 61.0 Å². The number of carboxylic acids is 1. The fraction of sp³-hybridized carbons (Fsp3) is 0.878.